The molecule has 28 valence electrons. The molecule has 0 radical (unpaired) electrons. The van der Waals surface area contributed by atoms with Gasteiger partial charge in [0.1, 0.15) is 0 Å². The zero-order valence-corrected chi connectivity index (χ0v) is 4.23. The van der Waals surface area contributed by atoms with Crippen LogP contribution in [0.15, 0.2) is 18.2 Å². The van der Waals surface area contributed by atoms with Crippen molar-refractivity contribution in [3.05, 3.63) is 36.4 Å². The van der Waals surface area contributed by atoms with Crippen molar-refractivity contribution >= 4 is 0 Å². The van der Waals surface area contributed by atoms with Gasteiger partial charge in [0.25, 0.3) is 0 Å². The topological polar surface area (TPSA) is 0 Å². The van der Waals surface area contributed by atoms with Crippen molar-refractivity contribution in [2.24, 2.45) is 0 Å². The molecule has 0 saturated carbocycles. The Morgan fingerprint density at radius 1 is 1.43 bits per heavy atom. The summed E-state index contributed by atoms with van der Waals surface area (Å²) in [4.78, 5) is 0. The van der Waals surface area contributed by atoms with Gasteiger partial charge in [-0.3, -0.25) is 0 Å². The summed E-state index contributed by atoms with van der Waals surface area (Å²) >= 11 is 0. The molecule has 0 aliphatic heterocycles. The first-order chi connectivity index (χ1) is 3.00. The van der Waals surface area contributed by atoms with Gasteiger partial charge in [0.05, 0.1) is 0 Å². The Labute approximate surface area is 55.7 Å². The third-order valence-electron chi connectivity index (χ3n) is 0.503. The van der Waals surface area contributed by atoms with Gasteiger partial charge in [0.2, 0.25) is 0 Å². The molecule has 0 aromatic heterocycles. The van der Waals surface area contributed by atoms with Gasteiger partial charge in [0.15, 0.2) is 0 Å². The first-order valence-corrected chi connectivity index (χ1v) is 1.74. The summed E-state index contributed by atoms with van der Waals surface area (Å²) in [6.45, 7) is 0. The van der Waals surface area contributed by atoms with E-state index in [-0.39, 0.29) is 18.9 Å². The summed E-state index contributed by atoms with van der Waals surface area (Å²) < 4.78 is 0. The van der Waals surface area contributed by atoms with E-state index < -0.39 is 0 Å². The van der Waals surface area contributed by atoms with E-state index >= 15 is 0 Å². The molecular weight excluding hydrogens is 79.0 g/mol. The fourth-order valence-electron chi connectivity index (χ4n) is 0.269. The van der Waals surface area contributed by atoms with Gasteiger partial charge < -0.3 is 0 Å². The van der Waals surface area contributed by atoms with E-state index in [9.17, 15) is 0 Å². The molecule has 0 spiro atoms. The molecule has 1 aromatic carbocycles. The fourth-order valence-corrected chi connectivity index (χ4v) is 0.269. The average Bonchev–Trinajstić information content (AvgIpc) is 1.72. The van der Waals surface area contributed by atoms with E-state index in [2.05, 4.69) is 18.2 Å². The maximum atomic E-state index is 2.71. The standard InChI is InChI=1S/C6H3.Li/c1-2-4-6-5-3-1;/h1-3H;/q-1;+1. The zero-order valence-electron chi connectivity index (χ0n) is 4.23. The minimum atomic E-state index is 0. The second-order valence-corrected chi connectivity index (χ2v) is 0.939. The summed E-state index contributed by atoms with van der Waals surface area (Å²) in [5.41, 5.74) is 0. The van der Waals surface area contributed by atoms with Crippen molar-refractivity contribution in [1.82, 2.24) is 0 Å². The second-order valence-electron chi connectivity index (χ2n) is 0.939. The van der Waals surface area contributed by atoms with Gasteiger partial charge in [0, 0.05) is 0 Å². The monoisotopic (exact) mass is 82.0 g/mol. The van der Waals surface area contributed by atoms with Crippen LogP contribution in [0.2, 0.25) is 0 Å². The first kappa shape index (κ1) is 6.64. The summed E-state index contributed by atoms with van der Waals surface area (Å²) in [6.07, 6.45) is 0. The predicted octanol–water partition coefficient (Wildman–Crippen LogP) is -1.91. The van der Waals surface area contributed by atoms with Crippen LogP contribution in [0.4, 0.5) is 0 Å². The molecule has 0 unspecified atom stereocenters. The van der Waals surface area contributed by atoms with Crippen LogP contribution in [0, 0.1) is 18.2 Å². The van der Waals surface area contributed by atoms with E-state index in [0.29, 0.717) is 0 Å². The van der Waals surface area contributed by atoms with Gasteiger partial charge >= 0.3 is 18.9 Å². The third-order valence-corrected chi connectivity index (χ3v) is 0.503. The quantitative estimate of drug-likeness (QED) is 0.253. The van der Waals surface area contributed by atoms with Gasteiger partial charge in [-0.15, -0.1) is 12.1 Å². The van der Waals surface area contributed by atoms with E-state index in [0.717, 1.165) is 0 Å². The summed E-state index contributed by atoms with van der Waals surface area (Å²) in [7, 11) is 0. The van der Waals surface area contributed by atoms with E-state index in [4.69, 9.17) is 0 Å². The van der Waals surface area contributed by atoms with Crippen LogP contribution in [0.1, 0.15) is 0 Å². The largest absolute Gasteiger partial charge is 1.00 e. The molecule has 1 heteroatoms. The molecule has 1 aromatic rings. The molecular formula is C6H3Li. The Morgan fingerprint density at radius 3 is 2.43 bits per heavy atom. The smallest absolute Gasteiger partial charge is 0.237 e. The zero-order chi connectivity index (χ0) is 4.24. The molecule has 0 amide bonds. The summed E-state index contributed by atoms with van der Waals surface area (Å²) in [5.74, 6) is 0. The van der Waals surface area contributed by atoms with Crippen LogP contribution >= 0.6 is 0 Å². The van der Waals surface area contributed by atoms with Gasteiger partial charge in [-0.1, -0.05) is 0 Å². The van der Waals surface area contributed by atoms with Crippen molar-refractivity contribution in [3.63, 3.8) is 0 Å². The van der Waals surface area contributed by atoms with Crippen LogP contribution < -0.4 is 18.9 Å². The first-order valence-electron chi connectivity index (χ1n) is 1.74. The molecule has 0 fully saturated rings. The SMILES string of the molecule is [Li+].c1[c-]cccc#1. The molecule has 0 saturated heterocycles. The maximum Gasteiger partial charge on any atom is 1.00 e. The third kappa shape index (κ3) is 2.35. The van der Waals surface area contributed by atoms with Crippen LogP contribution in [0.3, 0.4) is 0 Å². The van der Waals surface area contributed by atoms with Crippen LogP contribution in [0.25, 0.3) is 0 Å². The van der Waals surface area contributed by atoms with Crippen molar-refractivity contribution in [1.29, 1.82) is 0 Å². The van der Waals surface area contributed by atoms with Gasteiger partial charge in [-0.2, -0.15) is 12.1 Å². The van der Waals surface area contributed by atoms with E-state index in [1.807, 2.05) is 6.07 Å². The minimum absolute atomic E-state index is 0. The normalized spacial score (nSPS) is 5.71. The molecule has 0 aliphatic carbocycles. The van der Waals surface area contributed by atoms with Crippen molar-refractivity contribution < 1.29 is 18.9 Å². The molecule has 7 heavy (non-hydrogen) atoms. The predicted molar refractivity (Wildman–Crippen MR) is 22.9 cm³/mol. The number of rotatable bonds is 0. The van der Waals surface area contributed by atoms with Crippen molar-refractivity contribution in [2.45, 2.75) is 0 Å². The Hall–Kier alpha value is -0.363. The van der Waals surface area contributed by atoms with Crippen molar-refractivity contribution in [2.75, 3.05) is 0 Å². The van der Waals surface area contributed by atoms with Crippen LogP contribution in [-0.4, -0.2) is 0 Å². The fraction of sp³-hybridized carbons (Fsp3) is 0. The van der Waals surface area contributed by atoms with Crippen LogP contribution in [0.5, 0.6) is 0 Å². The van der Waals surface area contributed by atoms with Gasteiger partial charge in [-0.25, -0.2) is 12.1 Å². The van der Waals surface area contributed by atoms with E-state index in [1.54, 1.807) is 12.1 Å². The van der Waals surface area contributed by atoms with Crippen molar-refractivity contribution in [3.8, 4) is 0 Å². The molecule has 0 N–H and O–H groups in total. The Kier molecular flexibility index (Phi) is 3.62. The molecule has 0 atom stereocenters. The maximum absolute atomic E-state index is 2.71. The summed E-state index contributed by atoms with van der Waals surface area (Å²) in [5, 5.41) is 0. The van der Waals surface area contributed by atoms with Gasteiger partial charge in [-0.05, 0) is 0 Å². The Morgan fingerprint density at radius 2 is 2.29 bits per heavy atom. The molecule has 0 bridgehead atoms. The summed E-state index contributed by atoms with van der Waals surface area (Å²) in [6, 6.07) is 13.5. The van der Waals surface area contributed by atoms with Crippen LogP contribution in [-0.2, 0) is 0 Å². The Bertz CT molecular complexity index is 76.1. The molecule has 0 heterocycles. The number of hydrogen-bond acceptors (Lipinski definition) is 0. The Balaban J connectivity index is 0.000000360. The number of hydrogen-bond donors (Lipinski definition) is 0. The second kappa shape index (κ2) is 3.81. The van der Waals surface area contributed by atoms with E-state index in [1.165, 1.54) is 0 Å². The molecule has 1 rings (SSSR count). The molecule has 0 aliphatic rings. The molecule has 0 nitrogen and oxygen atoms in total. The average molecular weight is 82.0 g/mol. The minimum Gasteiger partial charge on any atom is -0.237 e.